The van der Waals surface area contributed by atoms with Gasteiger partial charge in [0.15, 0.2) is 5.60 Å². The normalized spacial score (nSPS) is 26.5. The zero-order valence-corrected chi connectivity index (χ0v) is 18.6. The molecule has 1 aliphatic carbocycles. The Morgan fingerprint density at radius 1 is 1.24 bits per heavy atom. The van der Waals surface area contributed by atoms with Crippen molar-refractivity contribution in [2.75, 3.05) is 13.1 Å². The van der Waals surface area contributed by atoms with Crippen LogP contribution in [0.4, 0.5) is 4.39 Å². The summed E-state index contributed by atoms with van der Waals surface area (Å²) < 4.78 is 20.6. The monoisotopic (exact) mass is 460 g/mol. The average molecular weight is 461 g/mol. The van der Waals surface area contributed by atoms with Gasteiger partial charge in [0, 0.05) is 31.1 Å². The maximum absolute atomic E-state index is 15.0. The predicted molar refractivity (Wildman–Crippen MR) is 121 cm³/mol. The van der Waals surface area contributed by atoms with Crippen molar-refractivity contribution in [3.05, 3.63) is 58.9 Å². The van der Waals surface area contributed by atoms with Crippen molar-refractivity contribution >= 4 is 11.9 Å². The van der Waals surface area contributed by atoms with Crippen molar-refractivity contribution < 1.29 is 18.7 Å². The zero-order chi connectivity index (χ0) is 23.4. The van der Waals surface area contributed by atoms with Crippen LogP contribution in [0.15, 0.2) is 36.4 Å². The molecule has 0 aromatic heterocycles. The first-order valence-electron chi connectivity index (χ1n) is 11.8. The number of rotatable bonds is 5. The van der Waals surface area contributed by atoms with Gasteiger partial charge in [0.05, 0.1) is 17.7 Å². The van der Waals surface area contributed by atoms with E-state index in [-0.39, 0.29) is 24.3 Å². The summed E-state index contributed by atoms with van der Waals surface area (Å²) in [6, 6.07) is 11.8. The van der Waals surface area contributed by atoms with Gasteiger partial charge in [0.2, 0.25) is 5.91 Å². The molecular weight excluding hydrogens is 435 g/mol. The van der Waals surface area contributed by atoms with E-state index < -0.39 is 17.5 Å². The second-order valence-corrected chi connectivity index (χ2v) is 9.86. The third-order valence-corrected chi connectivity index (χ3v) is 7.76. The fourth-order valence-electron chi connectivity index (χ4n) is 5.83. The summed E-state index contributed by atoms with van der Waals surface area (Å²) in [4.78, 5) is 24.8. The van der Waals surface area contributed by atoms with Crippen molar-refractivity contribution in [1.29, 1.82) is 5.26 Å². The van der Waals surface area contributed by atoms with E-state index in [9.17, 15) is 14.9 Å². The number of halogens is 1. The fraction of sp³-hybridized carbons (Fsp3) is 0.423. The number of nitrogens with zero attached hydrogens (tertiary/aromatic N) is 1. The van der Waals surface area contributed by atoms with Crippen molar-refractivity contribution in [3.63, 3.8) is 0 Å². The standard InChI is InChI=1S/C26H25FN4O3/c27-22-10-15(14-4-6-20-21(9-14)26(12-29-13-26)34-25(20)33)1-2-16(22)7-19(11-28)31-24(32)23-17-3-5-18(8-17)30-23/h1-2,4,6,9-10,17-19,23,29-30H,3,5,7-8,12-13H2,(H,31,32)/t17-,18+,19-,23-/m0/s1. The van der Waals surface area contributed by atoms with Crippen LogP contribution in [0.5, 0.6) is 0 Å². The van der Waals surface area contributed by atoms with Crippen LogP contribution in [-0.4, -0.2) is 43.1 Å². The molecule has 3 N–H and O–H groups in total. The van der Waals surface area contributed by atoms with Gasteiger partial charge in [0.1, 0.15) is 11.9 Å². The number of piperidine rings is 1. The third kappa shape index (κ3) is 3.39. The van der Waals surface area contributed by atoms with Crippen LogP contribution >= 0.6 is 0 Å². The minimum absolute atomic E-state index is 0.0937. The van der Waals surface area contributed by atoms with E-state index in [0.717, 1.165) is 30.4 Å². The number of ether oxygens (including phenoxy) is 1. The summed E-state index contributed by atoms with van der Waals surface area (Å²) in [6.45, 7) is 1.14. The minimum atomic E-state index is -0.803. The highest BCUT2D eigenvalue weighted by molar-refractivity contribution is 5.96. The topological polar surface area (TPSA) is 103 Å². The van der Waals surface area contributed by atoms with Gasteiger partial charge >= 0.3 is 5.97 Å². The summed E-state index contributed by atoms with van der Waals surface area (Å²) in [6.07, 6.45) is 3.23. The zero-order valence-electron chi connectivity index (χ0n) is 18.6. The molecule has 4 aliphatic rings. The predicted octanol–water partition coefficient (Wildman–Crippen LogP) is 2.15. The van der Waals surface area contributed by atoms with E-state index in [1.165, 1.54) is 6.07 Å². The van der Waals surface area contributed by atoms with Crippen LogP contribution in [0.25, 0.3) is 11.1 Å². The van der Waals surface area contributed by atoms with Crippen LogP contribution in [0.1, 0.15) is 40.7 Å². The molecule has 34 heavy (non-hydrogen) atoms. The Labute approximate surface area is 196 Å². The summed E-state index contributed by atoms with van der Waals surface area (Å²) >= 11 is 0. The van der Waals surface area contributed by atoms with Crippen LogP contribution in [0.2, 0.25) is 0 Å². The number of nitrogens with one attached hydrogen (secondary N) is 3. The molecule has 3 heterocycles. The SMILES string of the molecule is N#C[C@H](Cc1ccc(-c2ccc3c(c2)C2(CNC2)OC3=O)cc1F)NC(=O)[C@H]1N[C@@H]2CC[C@H]1C2. The maximum atomic E-state index is 15.0. The molecule has 2 aromatic carbocycles. The first kappa shape index (κ1) is 21.3. The van der Waals surface area contributed by atoms with Crippen LogP contribution < -0.4 is 16.0 Å². The van der Waals surface area contributed by atoms with Crippen molar-refractivity contribution in [3.8, 4) is 17.2 Å². The molecule has 0 radical (unpaired) electrons. The fourth-order valence-corrected chi connectivity index (χ4v) is 5.83. The lowest BCUT2D eigenvalue weighted by molar-refractivity contribution is -0.124. The van der Waals surface area contributed by atoms with E-state index in [4.69, 9.17) is 4.74 Å². The molecule has 2 aromatic rings. The lowest BCUT2D eigenvalue weighted by Gasteiger charge is -2.38. The summed E-state index contributed by atoms with van der Waals surface area (Å²) in [5.74, 6) is -0.610. The molecule has 3 aliphatic heterocycles. The molecule has 4 atom stereocenters. The molecule has 2 bridgehead atoms. The first-order valence-corrected chi connectivity index (χ1v) is 11.8. The lowest BCUT2D eigenvalue weighted by Crippen LogP contribution is -2.56. The summed E-state index contributed by atoms with van der Waals surface area (Å²) in [5, 5.41) is 18.8. The highest BCUT2D eigenvalue weighted by Crippen LogP contribution is 2.41. The van der Waals surface area contributed by atoms with Crippen molar-refractivity contribution in [2.45, 2.75) is 49.4 Å². The summed E-state index contributed by atoms with van der Waals surface area (Å²) in [7, 11) is 0. The Morgan fingerprint density at radius 2 is 2.03 bits per heavy atom. The molecule has 2 saturated heterocycles. The van der Waals surface area contributed by atoms with Gasteiger partial charge in [-0.05, 0) is 60.1 Å². The second kappa shape index (κ2) is 7.90. The van der Waals surface area contributed by atoms with E-state index in [1.54, 1.807) is 24.3 Å². The molecule has 3 fully saturated rings. The van der Waals surface area contributed by atoms with E-state index >= 15 is 4.39 Å². The molecule has 0 unspecified atom stereocenters. The number of carbonyl (C=O) groups is 2. The van der Waals surface area contributed by atoms with Gasteiger partial charge in [-0.3, -0.25) is 4.79 Å². The van der Waals surface area contributed by atoms with Gasteiger partial charge in [0.25, 0.3) is 0 Å². The first-order chi connectivity index (χ1) is 16.5. The Kier molecular flexibility index (Phi) is 4.94. The minimum Gasteiger partial charge on any atom is -0.448 e. The number of fused-ring (bicyclic) bond motifs is 4. The quantitative estimate of drug-likeness (QED) is 0.591. The molecule has 1 amide bonds. The Morgan fingerprint density at radius 3 is 2.68 bits per heavy atom. The maximum Gasteiger partial charge on any atom is 0.339 e. The third-order valence-electron chi connectivity index (χ3n) is 7.76. The number of carbonyl (C=O) groups excluding carboxylic acids is 2. The van der Waals surface area contributed by atoms with Crippen LogP contribution in [-0.2, 0) is 21.6 Å². The van der Waals surface area contributed by atoms with E-state index in [1.807, 2.05) is 6.07 Å². The van der Waals surface area contributed by atoms with Gasteiger partial charge in [-0.1, -0.05) is 18.2 Å². The highest BCUT2D eigenvalue weighted by Gasteiger charge is 2.50. The Balaban J connectivity index is 1.18. The summed E-state index contributed by atoms with van der Waals surface area (Å²) in [5.41, 5.74) is 2.61. The molecule has 7 nitrogen and oxygen atoms in total. The molecule has 1 spiro atoms. The van der Waals surface area contributed by atoms with Crippen molar-refractivity contribution in [1.82, 2.24) is 16.0 Å². The van der Waals surface area contributed by atoms with E-state index in [2.05, 4.69) is 22.0 Å². The number of amides is 1. The van der Waals surface area contributed by atoms with Crippen LogP contribution in [0, 0.1) is 23.1 Å². The number of esters is 1. The molecule has 174 valence electrons. The number of nitriles is 1. The van der Waals surface area contributed by atoms with Gasteiger partial charge in [-0.15, -0.1) is 0 Å². The van der Waals surface area contributed by atoms with E-state index in [0.29, 0.717) is 41.7 Å². The van der Waals surface area contributed by atoms with Gasteiger partial charge < -0.3 is 20.7 Å². The Hall–Kier alpha value is -3.28. The average Bonchev–Trinajstić information content (AvgIpc) is 3.52. The van der Waals surface area contributed by atoms with Crippen LogP contribution in [0.3, 0.4) is 0 Å². The number of benzene rings is 2. The number of hydrogen-bond acceptors (Lipinski definition) is 6. The molecule has 1 saturated carbocycles. The smallest absolute Gasteiger partial charge is 0.339 e. The molecular formula is C26H25FN4O3. The van der Waals surface area contributed by atoms with Gasteiger partial charge in [-0.2, -0.15) is 5.26 Å². The lowest BCUT2D eigenvalue weighted by atomic mass is 9.85. The second-order valence-electron chi connectivity index (χ2n) is 9.86. The number of hydrogen-bond donors (Lipinski definition) is 3. The molecule has 8 heteroatoms. The molecule has 6 rings (SSSR count). The van der Waals surface area contributed by atoms with Gasteiger partial charge in [-0.25, -0.2) is 9.18 Å². The Bertz CT molecular complexity index is 1240. The highest BCUT2D eigenvalue weighted by atomic mass is 19.1. The van der Waals surface area contributed by atoms with Crippen molar-refractivity contribution in [2.24, 2.45) is 5.92 Å². The largest absolute Gasteiger partial charge is 0.448 e.